The fraction of sp³-hybridized carbons (Fsp3) is 0.727. The van der Waals surface area contributed by atoms with Crippen molar-refractivity contribution in [3.05, 3.63) is 0 Å². The quantitative estimate of drug-likeness (QED) is 0.354. The highest BCUT2D eigenvalue weighted by atomic mass is 16.4. The Balaban J connectivity index is 2.05. The number of urea groups is 1. The van der Waals surface area contributed by atoms with Crippen molar-refractivity contribution in [1.82, 2.24) is 16.0 Å². The van der Waals surface area contributed by atoms with E-state index < -0.39 is 24.6 Å². The minimum absolute atomic E-state index is 0.0384. The lowest BCUT2D eigenvalue weighted by atomic mass is 10.3. The van der Waals surface area contributed by atoms with Crippen LogP contribution in [0.5, 0.6) is 0 Å². The van der Waals surface area contributed by atoms with Gasteiger partial charge in [-0.15, -0.1) is 0 Å². The Hall–Kier alpha value is -1.83. The monoisotopic (exact) mass is 273 g/mol. The Bertz CT molecular complexity index is 343. The smallest absolute Gasteiger partial charge is 0.328 e. The Morgan fingerprint density at radius 1 is 1.26 bits per heavy atom. The van der Waals surface area contributed by atoms with E-state index in [0.717, 1.165) is 12.8 Å². The number of rotatable bonds is 8. The molecule has 0 aliphatic heterocycles. The van der Waals surface area contributed by atoms with Crippen LogP contribution in [0.1, 0.15) is 25.7 Å². The molecule has 0 saturated heterocycles. The third-order valence-electron chi connectivity index (χ3n) is 2.59. The number of carbonyl (C=O) groups is 3. The average molecular weight is 273 g/mol. The maximum Gasteiger partial charge on any atom is 0.328 e. The molecule has 1 aliphatic carbocycles. The number of aliphatic hydroxyl groups is 1. The third kappa shape index (κ3) is 6.61. The number of amides is 3. The highest BCUT2D eigenvalue weighted by molar-refractivity contribution is 5.82. The molecular formula is C11H19N3O5. The van der Waals surface area contributed by atoms with Gasteiger partial charge in [0.15, 0.2) is 6.04 Å². The Labute approximate surface area is 110 Å². The lowest BCUT2D eigenvalue weighted by Crippen LogP contribution is -2.48. The normalized spacial score (nSPS) is 15.4. The lowest BCUT2D eigenvalue weighted by molar-refractivity contribution is -0.140. The second-order valence-corrected chi connectivity index (χ2v) is 4.42. The molecule has 0 aromatic heterocycles. The molecule has 1 rings (SSSR count). The van der Waals surface area contributed by atoms with Crippen molar-refractivity contribution in [3.63, 3.8) is 0 Å². The van der Waals surface area contributed by atoms with Gasteiger partial charge in [-0.3, -0.25) is 4.79 Å². The van der Waals surface area contributed by atoms with Crippen molar-refractivity contribution in [1.29, 1.82) is 0 Å². The van der Waals surface area contributed by atoms with Crippen molar-refractivity contribution in [2.75, 3.05) is 13.2 Å². The van der Waals surface area contributed by atoms with E-state index in [0.29, 0.717) is 18.9 Å². The first-order chi connectivity index (χ1) is 9.02. The van der Waals surface area contributed by atoms with Crippen molar-refractivity contribution < 1.29 is 24.6 Å². The topological polar surface area (TPSA) is 128 Å². The minimum Gasteiger partial charge on any atom is -0.480 e. The molecule has 19 heavy (non-hydrogen) atoms. The number of carboxylic acids is 1. The van der Waals surface area contributed by atoms with Gasteiger partial charge in [-0.05, 0) is 19.3 Å². The summed E-state index contributed by atoms with van der Waals surface area (Å²) in [6.45, 7) is -0.408. The Morgan fingerprint density at radius 2 is 1.95 bits per heavy atom. The van der Waals surface area contributed by atoms with Crippen molar-refractivity contribution in [2.45, 2.75) is 37.8 Å². The summed E-state index contributed by atoms with van der Waals surface area (Å²) in [7, 11) is 0. The van der Waals surface area contributed by atoms with Gasteiger partial charge >= 0.3 is 12.0 Å². The summed E-state index contributed by atoms with van der Waals surface area (Å²) in [4.78, 5) is 33.1. The minimum atomic E-state index is -1.32. The number of aliphatic hydroxyl groups excluding tert-OH is 1. The molecule has 1 saturated carbocycles. The van der Waals surface area contributed by atoms with E-state index in [-0.39, 0.29) is 12.5 Å². The zero-order valence-electron chi connectivity index (χ0n) is 10.5. The summed E-state index contributed by atoms with van der Waals surface area (Å²) < 4.78 is 0. The van der Waals surface area contributed by atoms with E-state index in [4.69, 9.17) is 10.2 Å². The van der Waals surface area contributed by atoms with Gasteiger partial charge in [0.1, 0.15) is 0 Å². The van der Waals surface area contributed by atoms with Gasteiger partial charge < -0.3 is 26.2 Å². The highest BCUT2D eigenvalue weighted by Crippen LogP contribution is 2.18. The SMILES string of the molecule is O=C(CCCNC(=O)N[C@@H](CO)C(=O)O)NC1CC1. The number of hydrogen-bond donors (Lipinski definition) is 5. The van der Waals surface area contributed by atoms with E-state index in [1.807, 2.05) is 0 Å². The summed E-state index contributed by atoms with van der Waals surface area (Å²) in [5, 5.41) is 24.6. The van der Waals surface area contributed by atoms with E-state index in [1.54, 1.807) is 0 Å². The highest BCUT2D eigenvalue weighted by Gasteiger charge is 2.22. The summed E-state index contributed by atoms with van der Waals surface area (Å²) in [5.41, 5.74) is 0. The molecule has 5 N–H and O–H groups in total. The summed E-state index contributed by atoms with van der Waals surface area (Å²) in [6, 6.07) is -1.67. The molecule has 0 bridgehead atoms. The number of nitrogens with one attached hydrogen (secondary N) is 3. The van der Waals surface area contributed by atoms with Crippen molar-refractivity contribution in [3.8, 4) is 0 Å². The fourth-order valence-corrected chi connectivity index (χ4v) is 1.37. The van der Waals surface area contributed by atoms with Crippen LogP contribution in [0.3, 0.4) is 0 Å². The first-order valence-corrected chi connectivity index (χ1v) is 6.20. The van der Waals surface area contributed by atoms with E-state index in [1.165, 1.54) is 0 Å². The van der Waals surface area contributed by atoms with Crippen LogP contribution in [0.25, 0.3) is 0 Å². The standard InChI is InChI=1S/C11H19N3O5/c15-6-8(10(17)18)14-11(19)12-5-1-2-9(16)13-7-3-4-7/h7-8,15H,1-6H2,(H,13,16)(H,17,18)(H2,12,14,19)/t8-/m0/s1. The number of hydrogen-bond acceptors (Lipinski definition) is 4. The maximum absolute atomic E-state index is 11.3. The first-order valence-electron chi connectivity index (χ1n) is 6.20. The van der Waals surface area contributed by atoms with Gasteiger partial charge in [-0.25, -0.2) is 9.59 Å². The second-order valence-electron chi connectivity index (χ2n) is 4.42. The fourth-order valence-electron chi connectivity index (χ4n) is 1.37. The average Bonchev–Trinajstić information content (AvgIpc) is 3.15. The largest absolute Gasteiger partial charge is 0.480 e. The van der Waals surface area contributed by atoms with Gasteiger partial charge in [-0.1, -0.05) is 0 Å². The molecular weight excluding hydrogens is 254 g/mol. The van der Waals surface area contributed by atoms with Gasteiger partial charge in [0, 0.05) is 19.0 Å². The molecule has 0 unspecified atom stereocenters. The zero-order valence-corrected chi connectivity index (χ0v) is 10.5. The van der Waals surface area contributed by atoms with Crippen LogP contribution in [-0.4, -0.2) is 53.4 Å². The second kappa shape index (κ2) is 7.57. The molecule has 0 aromatic carbocycles. The van der Waals surface area contributed by atoms with Gasteiger partial charge in [0.2, 0.25) is 5.91 Å². The van der Waals surface area contributed by atoms with E-state index in [2.05, 4.69) is 16.0 Å². The number of carboxylic acid groups (broad SMARTS) is 1. The van der Waals surface area contributed by atoms with Crippen LogP contribution in [0, 0.1) is 0 Å². The molecule has 3 amide bonds. The molecule has 1 fully saturated rings. The molecule has 0 aromatic rings. The van der Waals surface area contributed by atoms with E-state index >= 15 is 0 Å². The van der Waals surface area contributed by atoms with Crippen LogP contribution in [0.15, 0.2) is 0 Å². The molecule has 8 heteroatoms. The summed E-state index contributed by atoms with van der Waals surface area (Å²) in [5.74, 6) is -1.34. The van der Waals surface area contributed by atoms with Crippen LogP contribution in [-0.2, 0) is 9.59 Å². The first kappa shape index (κ1) is 15.2. The zero-order chi connectivity index (χ0) is 14.3. The molecule has 0 spiro atoms. The van der Waals surface area contributed by atoms with Crippen LogP contribution >= 0.6 is 0 Å². The molecule has 1 atom stereocenters. The van der Waals surface area contributed by atoms with Crippen LogP contribution in [0.2, 0.25) is 0 Å². The Morgan fingerprint density at radius 3 is 2.47 bits per heavy atom. The van der Waals surface area contributed by atoms with Gasteiger partial charge in [-0.2, -0.15) is 0 Å². The van der Waals surface area contributed by atoms with E-state index in [9.17, 15) is 14.4 Å². The van der Waals surface area contributed by atoms with Crippen molar-refractivity contribution >= 4 is 17.9 Å². The number of carbonyl (C=O) groups excluding carboxylic acids is 2. The predicted molar refractivity (Wildman–Crippen MR) is 65.4 cm³/mol. The summed E-state index contributed by atoms with van der Waals surface area (Å²) in [6.07, 6.45) is 2.86. The molecule has 0 radical (unpaired) electrons. The van der Waals surface area contributed by atoms with Crippen LogP contribution in [0.4, 0.5) is 4.79 Å². The summed E-state index contributed by atoms with van der Waals surface area (Å²) >= 11 is 0. The number of aliphatic carboxylic acids is 1. The molecule has 1 aliphatic rings. The maximum atomic E-state index is 11.3. The molecule has 8 nitrogen and oxygen atoms in total. The Kier molecular flexibility index (Phi) is 6.07. The van der Waals surface area contributed by atoms with Gasteiger partial charge in [0.25, 0.3) is 0 Å². The van der Waals surface area contributed by atoms with Gasteiger partial charge in [0.05, 0.1) is 6.61 Å². The third-order valence-corrected chi connectivity index (χ3v) is 2.59. The molecule has 0 heterocycles. The molecule has 108 valence electrons. The van der Waals surface area contributed by atoms with Crippen molar-refractivity contribution in [2.24, 2.45) is 0 Å². The predicted octanol–water partition coefficient (Wildman–Crippen LogP) is -1.21. The van der Waals surface area contributed by atoms with Crippen LogP contribution < -0.4 is 16.0 Å². The lowest BCUT2D eigenvalue weighted by Gasteiger charge is -2.12.